The molecule has 0 aliphatic carbocycles. The van der Waals surface area contributed by atoms with Gasteiger partial charge in [0.1, 0.15) is 9.98 Å². The van der Waals surface area contributed by atoms with Gasteiger partial charge in [-0.2, -0.15) is 0 Å². The summed E-state index contributed by atoms with van der Waals surface area (Å²) in [6, 6.07) is 0. The van der Waals surface area contributed by atoms with E-state index in [1.54, 1.807) is 0 Å². The van der Waals surface area contributed by atoms with Crippen LogP contribution in [0, 0.1) is 11.8 Å². The summed E-state index contributed by atoms with van der Waals surface area (Å²) in [6.07, 6.45) is 14.3. The van der Waals surface area contributed by atoms with Crippen LogP contribution in [0.5, 0.6) is 0 Å². The number of hydrogen-bond acceptors (Lipinski definition) is 7. The van der Waals surface area contributed by atoms with Crippen molar-refractivity contribution in [3.05, 3.63) is 22.0 Å². The van der Waals surface area contributed by atoms with Crippen molar-refractivity contribution in [2.45, 2.75) is 109 Å². The van der Waals surface area contributed by atoms with E-state index in [-0.39, 0.29) is 17.2 Å². The van der Waals surface area contributed by atoms with Crippen LogP contribution in [0.25, 0.3) is 0 Å². The average molecular weight is 627 g/mol. The molecule has 0 saturated carbocycles. The molecule has 2 atom stereocenters. The first kappa shape index (κ1) is 31.0. The average Bonchev–Trinajstić information content (AvgIpc) is 3.49. The molecule has 2 fully saturated rings. The molecule has 4 heterocycles. The molecule has 0 aromatic heterocycles. The fraction of sp³-hybridized carbons (Fsp3) is 0.724. The van der Waals surface area contributed by atoms with E-state index in [4.69, 9.17) is 48.9 Å². The number of aliphatic hydroxyl groups excluding tert-OH is 1. The van der Waals surface area contributed by atoms with Gasteiger partial charge in [0, 0.05) is 22.9 Å². The van der Waals surface area contributed by atoms with Gasteiger partial charge in [0.2, 0.25) is 0 Å². The molecule has 210 valence electrons. The number of rotatable bonds is 12. The Hall–Kier alpha value is 0.1000. The molecule has 0 aromatic rings. The van der Waals surface area contributed by atoms with Crippen molar-refractivity contribution in [2.75, 3.05) is 11.5 Å². The lowest BCUT2D eigenvalue weighted by molar-refractivity contribution is 0.143. The quantitative estimate of drug-likeness (QED) is 0.170. The van der Waals surface area contributed by atoms with Crippen LogP contribution in [0.1, 0.15) is 91.9 Å². The molecule has 9 heteroatoms. The Kier molecular flexibility index (Phi) is 10.6. The van der Waals surface area contributed by atoms with E-state index in [1.165, 1.54) is 9.81 Å². The molecule has 2 saturated heterocycles. The maximum atomic E-state index is 10.7. The van der Waals surface area contributed by atoms with E-state index < -0.39 is 0 Å². The molecular weight excluding hydrogens is 585 g/mol. The van der Waals surface area contributed by atoms with Gasteiger partial charge < -0.3 is 14.9 Å². The maximum Gasteiger partial charge on any atom is 0.108 e. The smallest absolute Gasteiger partial charge is 0.108 e. The molecule has 0 spiro atoms. The van der Waals surface area contributed by atoms with E-state index in [0.717, 1.165) is 95.7 Å². The van der Waals surface area contributed by atoms with Crippen LogP contribution in [-0.2, 0) is 0 Å². The minimum Gasteiger partial charge on any atom is -0.393 e. The molecular formula is C29H42N2OS6. The molecule has 1 N–H and O–H groups in total. The Morgan fingerprint density at radius 2 is 1.16 bits per heavy atom. The van der Waals surface area contributed by atoms with Crippen molar-refractivity contribution in [3.8, 4) is 0 Å². The Morgan fingerprint density at radius 1 is 0.763 bits per heavy atom. The molecule has 0 radical (unpaired) electrons. The van der Waals surface area contributed by atoms with Gasteiger partial charge in [-0.1, -0.05) is 74.6 Å². The van der Waals surface area contributed by atoms with Crippen LogP contribution in [0.2, 0.25) is 0 Å². The van der Waals surface area contributed by atoms with Crippen LogP contribution in [-0.4, -0.2) is 63.5 Å². The van der Waals surface area contributed by atoms with Gasteiger partial charge in [0.15, 0.2) is 0 Å². The van der Waals surface area contributed by atoms with Crippen molar-refractivity contribution in [1.29, 1.82) is 0 Å². The molecule has 2 unspecified atom stereocenters. The van der Waals surface area contributed by atoms with Crippen molar-refractivity contribution in [1.82, 2.24) is 9.80 Å². The predicted octanol–water partition coefficient (Wildman–Crippen LogP) is 8.24. The second-order valence-electron chi connectivity index (χ2n) is 12.3. The summed E-state index contributed by atoms with van der Waals surface area (Å²) in [5.74, 6) is 3.04. The Bertz CT molecular complexity index is 952. The number of nitrogens with zero attached hydrogens (tertiary/aromatic N) is 2. The number of thiocarbonyl (C=S) groups is 4. The highest BCUT2D eigenvalue weighted by molar-refractivity contribution is 8.03. The number of aliphatic hydroxyl groups is 1. The number of unbranched alkanes of at least 4 members (excludes halogenated alkanes) is 2. The van der Waals surface area contributed by atoms with Gasteiger partial charge in [-0.25, -0.2) is 0 Å². The fourth-order valence-electron chi connectivity index (χ4n) is 6.19. The maximum absolute atomic E-state index is 10.7. The van der Waals surface area contributed by atoms with Crippen LogP contribution in [0.15, 0.2) is 22.0 Å². The Morgan fingerprint density at radius 3 is 1.55 bits per heavy atom. The fourth-order valence-corrected chi connectivity index (χ4v) is 11.2. The van der Waals surface area contributed by atoms with Crippen molar-refractivity contribution in [3.63, 3.8) is 0 Å². The van der Waals surface area contributed by atoms with Gasteiger partial charge in [-0.15, -0.1) is 23.5 Å². The molecule has 4 rings (SSSR count). The molecule has 4 aliphatic rings. The molecule has 0 bridgehead atoms. The number of hydrogen-bond donors (Lipinski definition) is 1. The highest BCUT2D eigenvalue weighted by atomic mass is 32.2. The van der Waals surface area contributed by atoms with Crippen molar-refractivity contribution >= 4 is 92.3 Å². The first-order valence-corrected chi connectivity index (χ1v) is 17.7. The first-order chi connectivity index (χ1) is 17.9. The summed E-state index contributed by atoms with van der Waals surface area (Å²) < 4.78 is 0. The summed E-state index contributed by atoms with van der Waals surface area (Å²) in [6.45, 7) is 9.03. The second kappa shape index (κ2) is 13.0. The minimum absolute atomic E-state index is 0.0945. The summed E-state index contributed by atoms with van der Waals surface area (Å²) >= 11 is 27.1. The van der Waals surface area contributed by atoms with Crippen LogP contribution in [0.4, 0.5) is 0 Å². The molecule has 3 nitrogen and oxygen atoms in total. The lowest BCUT2D eigenvalue weighted by Crippen LogP contribution is -2.53. The lowest BCUT2D eigenvalue weighted by atomic mass is 9.89. The lowest BCUT2D eigenvalue weighted by Gasteiger charge is -2.44. The molecule has 0 aromatic carbocycles. The third-order valence-electron chi connectivity index (χ3n) is 8.41. The highest BCUT2D eigenvalue weighted by Crippen LogP contribution is 2.44. The summed E-state index contributed by atoms with van der Waals surface area (Å²) in [5, 5.41) is 10.7. The summed E-state index contributed by atoms with van der Waals surface area (Å²) in [4.78, 5) is 10.9. The highest BCUT2D eigenvalue weighted by Gasteiger charge is 2.41. The monoisotopic (exact) mass is 626 g/mol. The molecule has 0 amide bonds. The first-order valence-electron chi connectivity index (χ1n) is 14.1. The third kappa shape index (κ3) is 6.93. The van der Waals surface area contributed by atoms with E-state index in [9.17, 15) is 5.11 Å². The van der Waals surface area contributed by atoms with Gasteiger partial charge in [-0.05, 0) is 99.7 Å². The van der Waals surface area contributed by atoms with Crippen LogP contribution < -0.4 is 0 Å². The van der Waals surface area contributed by atoms with Gasteiger partial charge in [0.05, 0.1) is 16.1 Å². The standard InChI is InChI=1S/C29H42N2OS6/c1-28(2,30-24(33)17-22-20(26(30)35)11-15-37-22)13-7-5-9-19(32)10-6-8-14-29(3,4)31-25(34)18-23-21(27(31)36)12-16-38-23/h17-21,32H,5-16H2,1-4H3. The van der Waals surface area contributed by atoms with E-state index >= 15 is 0 Å². The normalized spacial score (nSPS) is 25.0. The second-order valence-corrected chi connectivity index (χ2v) is 16.3. The van der Waals surface area contributed by atoms with Gasteiger partial charge in [-0.3, -0.25) is 0 Å². The summed E-state index contributed by atoms with van der Waals surface area (Å²) in [7, 11) is 0. The Balaban J connectivity index is 1.15. The minimum atomic E-state index is -0.238. The zero-order chi connectivity index (χ0) is 27.7. The van der Waals surface area contributed by atoms with Gasteiger partial charge in [0.25, 0.3) is 0 Å². The largest absolute Gasteiger partial charge is 0.393 e. The SMILES string of the molecule is CC(C)(CCCCC(O)CCCCC(C)(C)N1C(=S)C=C2SCCC2C1=S)N1C(=S)C=C2SCCC2C1=S. The summed E-state index contributed by atoms with van der Waals surface area (Å²) in [5.41, 5.74) is -0.189. The predicted molar refractivity (Wildman–Crippen MR) is 182 cm³/mol. The topological polar surface area (TPSA) is 26.7 Å². The van der Waals surface area contributed by atoms with Gasteiger partial charge >= 0.3 is 0 Å². The molecule has 4 aliphatic heterocycles. The van der Waals surface area contributed by atoms with Crippen molar-refractivity contribution < 1.29 is 5.11 Å². The zero-order valence-electron chi connectivity index (χ0n) is 23.2. The van der Waals surface area contributed by atoms with Crippen LogP contribution >= 0.6 is 72.4 Å². The van der Waals surface area contributed by atoms with Crippen LogP contribution in [0.3, 0.4) is 0 Å². The third-order valence-corrected chi connectivity index (χ3v) is 12.3. The Labute approximate surface area is 260 Å². The number of thioether (sulfide) groups is 2. The van der Waals surface area contributed by atoms with E-state index in [0.29, 0.717) is 11.8 Å². The zero-order valence-corrected chi connectivity index (χ0v) is 28.1. The van der Waals surface area contributed by atoms with Crippen molar-refractivity contribution in [2.24, 2.45) is 11.8 Å². The van der Waals surface area contributed by atoms with E-state index in [2.05, 4.69) is 49.6 Å². The molecule has 38 heavy (non-hydrogen) atoms. The van der Waals surface area contributed by atoms with E-state index in [1.807, 2.05) is 23.5 Å². The number of fused-ring (bicyclic) bond motifs is 2.